The summed E-state index contributed by atoms with van der Waals surface area (Å²) < 4.78 is 5.75. The number of hydrogen-bond acceptors (Lipinski definition) is 3. The molecule has 0 radical (unpaired) electrons. The number of ether oxygens (including phenoxy) is 1. The molecule has 5 heteroatoms. The van der Waals surface area contributed by atoms with Crippen molar-refractivity contribution in [3.8, 4) is 5.75 Å². The van der Waals surface area contributed by atoms with Gasteiger partial charge < -0.3 is 20.5 Å². The van der Waals surface area contributed by atoms with Crippen LogP contribution in [0.4, 0.5) is 4.79 Å². The van der Waals surface area contributed by atoms with Gasteiger partial charge in [-0.2, -0.15) is 0 Å². The maximum atomic E-state index is 11.7. The topological polar surface area (TPSA) is 70.6 Å². The van der Waals surface area contributed by atoms with Gasteiger partial charge in [-0.1, -0.05) is 18.2 Å². The van der Waals surface area contributed by atoms with Crippen LogP contribution in [-0.4, -0.2) is 36.9 Å². The first-order valence-corrected chi connectivity index (χ1v) is 7.08. The SMILES string of the molecule is O=C(NCC1Cc2ccccc2O1)NCC1(CO)CC1. The van der Waals surface area contributed by atoms with E-state index in [1.54, 1.807) is 0 Å². The van der Waals surface area contributed by atoms with Crippen molar-refractivity contribution >= 4 is 6.03 Å². The van der Waals surface area contributed by atoms with Gasteiger partial charge in [-0.25, -0.2) is 4.79 Å². The van der Waals surface area contributed by atoms with Crippen molar-refractivity contribution in [3.05, 3.63) is 29.8 Å². The standard InChI is InChI=1S/C15H20N2O3/c18-10-15(5-6-15)9-17-14(19)16-8-12-7-11-3-1-2-4-13(11)20-12/h1-4,12,18H,5-10H2,(H2,16,17,19). The largest absolute Gasteiger partial charge is 0.488 e. The van der Waals surface area contributed by atoms with Crippen LogP contribution in [0.25, 0.3) is 0 Å². The van der Waals surface area contributed by atoms with Crippen molar-refractivity contribution in [1.29, 1.82) is 0 Å². The second-order valence-corrected chi connectivity index (χ2v) is 5.77. The number of nitrogens with one attached hydrogen (secondary N) is 2. The average Bonchev–Trinajstić information content (AvgIpc) is 3.14. The van der Waals surface area contributed by atoms with E-state index < -0.39 is 0 Å². The van der Waals surface area contributed by atoms with Crippen LogP contribution in [0.2, 0.25) is 0 Å². The van der Waals surface area contributed by atoms with E-state index >= 15 is 0 Å². The Morgan fingerprint density at radius 2 is 2.15 bits per heavy atom. The summed E-state index contributed by atoms with van der Waals surface area (Å²) in [5.74, 6) is 0.914. The van der Waals surface area contributed by atoms with Crippen LogP contribution < -0.4 is 15.4 Å². The highest BCUT2D eigenvalue weighted by Crippen LogP contribution is 2.44. The predicted octanol–water partition coefficient (Wildman–Crippen LogP) is 1.06. The fourth-order valence-corrected chi connectivity index (χ4v) is 2.47. The molecule has 0 aromatic heterocycles. The number of hydrogen-bond donors (Lipinski definition) is 3. The highest BCUT2D eigenvalue weighted by Gasteiger charge is 2.42. The van der Waals surface area contributed by atoms with E-state index in [2.05, 4.69) is 10.6 Å². The molecule has 1 heterocycles. The lowest BCUT2D eigenvalue weighted by molar-refractivity contribution is 0.197. The molecule has 1 aliphatic carbocycles. The van der Waals surface area contributed by atoms with Crippen molar-refractivity contribution < 1.29 is 14.6 Å². The molecular weight excluding hydrogens is 256 g/mol. The zero-order valence-corrected chi connectivity index (χ0v) is 11.4. The van der Waals surface area contributed by atoms with E-state index in [1.807, 2.05) is 24.3 Å². The van der Waals surface area contributed by atoms with Gasteiger partial charge in [0.25, 0.3) is 0 Å². The summed E-state index contributed by atoms with van der Waals surface area (Å²) in [6.07, 6.45) is 2.82. The van der Waals surface area contributed by atoms with Gasteiger partial charge >= 0.3 is 6.03 Å². The maximum absolute atomic E-state index is 11.7. The smallest absolute Gasteiger partial charge is 0.314 e. The molecule has 0 spiro atoms. The lowest BCUT2D eigenvalue weighted by Gasteiger charge is -2.15. The first-order valence-electron chi connectivity index (χ1n) is 7.08. The summed E-state index contributed by atoms with van der Waals surface area (Å²) in [6, 6.07) is 7.75. The quantitative estimate of drug-likeness (QED) is 0.753. The molecule has 1 unspecified atom stereocenters. The van der Waals surface area contributed by atoms with Gasteiger partial charge in [-0.3, -0.25) is 0 Å². The van der Waals surface area contributed by atoms with E-state index in [0.717, 1.165) is 25.0 Å². The highest BCUT2D eigenvalue weighted by molar-refractivity contribution is 5.74. The fraction of sp³-hybridized carbons (Fsp3) is 0.533. The Kier molecular flexibility index (Phi) is 3.53. The van der Waals surface area contributed by atoms with Crippen LogP contribution >= 0.6 is 0 Å². The van der Waals surface area contributed by atoms with Gasteiger partial charge in [0, 0.05) is 18.4 Å². The number of amides is 2. The molecule has 0 bridgehead atoms. The van der Waals surface area contributed by atoms with Crippen molar-refractivity contribution in [2.45, 2.75) is 25.4 Å². The average molecular weight is 276 g/mol. The van der Waals surface area contributed by atoms with Crippen LogP contribution in [0.5, 0.6) is 5.75 Å². The van der Waals surface area contributed by atoms with Crippen molar-refractivity contribution in [1.82, 2.24) is 10.6 Å². The van der Waals surface area contributed by atoms with E-state index in [-0.39, 0.29) is 24.2 Å². The Balaban J connectivity index is 1.39. The van der Waals surface area contributed by atoms with Gasteiger partial charge in [0.15, 0.2) is 0 Å². The number of rotatable bonds is 5. The molecule has 1 fully saturated rings. The summed E-state index contributed by atoms with van der Waals surface area (Å²) in [4.78, 5) is 11.7. The van der Waals surface area contributed by atoms with Gasteiger partial charge in [0.2, 0.25) is 0 Å². The number of carbonyl (C=O) groups is 1. The summed E-state index contributed by atoms with van der Waals surface area (Å²) in [5.41, 5.74) is 1.13. The summed E-state index contributed by atoms with van der Waals surface area (Å²) in [5, 5.41) is 14.8. The van der Waals surface area contributed by atoms with Gasteiger partial charge in [-0.15, -0.1) is 0 Å². The molecule has 3 rings (SSSR count). The molecule has 2 aliphatic rings. The van der Waals surface area contributed by atoms with Crippen LogP contribution in [-0.2, 0) is 6.42 Å². The molecule has 20 heavy (non-hydrogen) atoms. The Labute approximate surface area is 118 Å². The molecule has 0 saturated heterocycles. The Hall–Kier alpha value is -1.75. The lowest BCUT2D eigenvalue weighted by Crippen LogP contribution is -2.43. The zero-order chi connectivity index (χ0) is 14.0. The summed E-state index contributed by atoms with van der Waals surface area (Å²) in [6.45, 7) is 1.18. The highest BCUT2D eigenvalue weighted by atomic mass is 16.5. The van der Waals surface area contributed by atoms with Gasteiger partial charge in [-0.05, 0) is 24.5 Å². The minimum Gasteiger partial charge on any atom is -0.488 e. The van der Waals surface area contributed by atoms with Gasteiger partial charge in [0.1, 0.15) is 11.9 Å². The number of para-hydroxylation sites is 1. The molecule has 1 atom stereocenters. The Bertz CT molecular complexity index is 475. The molecule has 2 amide bonds. The van der Waals surface area contributed by atoms with Crippen LogP contribution in [0.15, 0.2) is 24.3 Å². The molecule has 1 aromatic rings. The van der Waals surface area contributed by atoms with E-state index in [9.17, 15) is 9.90 Å². The third-order valence-corrected chi connectivity index (χ3v) is 4.12. The number of aliphatic hydroxyl groups excluding tert-OH is 1. The summed E-state index contributed by atoms with van der Waals surface area (Å²) in [7, 11) is 0. The van der Waals surface area contributed by atoms with E-state index in [4.69, 9.17) is 4.74 Å². The zero-order valence-electron chi connectivity index (χ0n) is 11.4. The molecule has 1 aromatic carbocycles. The number of fused-ring (bicyclic) bond motifs is 1. The third-order valence-electron chi connectivity index (χ3n) is 4.12. The van der Waals surface area contributed by atoms with E-state index in [1.165, 1.54) is 5.56 Å². The second kappa shape index (κ2) is 5.32. The lowest BCUT2D eigenvalue weighted by atomic mass is 10.1. The monoisotopic (exact) mass is 276 g/mol. The number of urea groups is 1. The molecule has 3 N–H and O–H groups in total. The van der Waals surface area contributed by atoms with Crippen molar-refractivity contribution in [2.24, 2.45) is 5.41 Å². The predicted molar refractivity (Wildman–Crippen MR) is 74.7 cm³/mol. The molecule has 5 nitrogen and oxygen atoms in total. The maximum Gasteiger partial charge on any atom is 0.314 e. The van der Waals surface area contributed by atoms with Crippen LogP contribution in [0, 0.1) is 5.41 Å². The number of carbonyl (C=O) groups excluding carboxylic acids is 1. The van der Waals surface area contributed by atoms with E-state index in [0.29, 0.717) is 13.1 Å². The second-order valence-electron chi connectivity index (χ2n) is 5.77. The van der Waals surface area contributed by atoms with Crippen LogP contribution in [0.1, 0.15) is 18.4 Å². The fourth-order valence-electron chi connectivity index (χ4n) is 2.47. The first kappa shape index (κ1) is 13.2. The molecule has 108 valence electrons. The van der Waals surface area contributed by atoms with Crippen molar-refractivity contribution in [3.63, 3.8) is 0 Å². The third kappa shape index (κ3) is 2.88. The number of benzene rings is 1. The first-order chi connectivity index (χ1) is 9.71. The summed E-state index contributed by atoms with van der Waals surface area (Å²) >= 11 is 0. The van der Waals surface area contributed by atoms with Crippen molar-refractivity contribution in [2.75, 3.05) is 19.7 Å². The molecular formula is C15H20N2O3. The molecule has 1 saturated carbocycles. The van der Waals surface area contributed by atoms with Gasteiger partial charge in [0.05, 0.1) is 13.2 Å². The number of aliphatic hydroxyl groups is 1. The minimum absolute atomic E-state index is 0.00544. The van der Waals surface area contributed by atoms with Crippen LogP contribution in [0.3, 0.4) is 0 Å². The molecule has 1 aliphatic heterocycles. The Morgan fingerprint density at radius 3 is 2.85 bits per heavy atom. The minimum atomic E-state index is -0.190. The normalized spacial score (nSPS) is 21.8. The Morgan fingerprint density at radius 1 is 1.35 bits per heavy atom.